The van der Waals surface area contributed by atoms with Crippen molar-refractivity contribution in [3.8, 4) is 11.8 Å². The summed E-state index contributed by atoms with van der Waals surface area (Å²) in [5.74, 6) is 0.329. The van der Waals surface area contributed by atoms with E-state index in [1.807, 2.05) is 6.07 Å². The van der Waals surface area contributed by atoms with E-state index in [0.29, 0.717) is 22.7 Å². The van der Waals surface area contributed by atoms with Gasteiger partial charge in [-0.2, -0.15) is 5.26 Å². The van der Waals surface area contributed by atoms with Crippen LogP contribution in [0, 0.1) is 11.3 Å². The lowest BCUT2D eigenvalue weighted by Crippen LogP contribution is -2.15. The SMILES string of the molecule is Cn1cc(C#N)cc1C(=O)Nc1ccc(OCCO)cc1. The zero-order valence-corrected chi connectivity index (χ0v) is 11.5. The Labute approximate surface area is 122 Å². The minimum absolute atomic E-state index is 0.0484. The maximum atomic E-state index is 12.1. The number of nitrogens with one attached hydrogen (secondary N) is 1. The summed E-state index contributed by atoms with van der Waals surface area (Å²) in [5.41, 5.74) is 1.47. The van der Waals surface area contributed by atoms with Gasteiger partial charge in [0.25, 0.3) is 5.91 Å². The van der Waals surface area contributed by atoms with Crippen molar-refractivity contribution in [1.29, 1.82) is 5.26 Å². The first-order valence-electron chi connectivity index (χ1n) is 6.35. The summed E-state index contributed by atoms with van der Waals surface area (Å²) in [6, 6.07) is 10.4. The number of hydrogen-bond donors (Lipinski definition) is 2. The highest BCUT2D eigenvalue weighted by molar-refractivity contribution is 6.03. The number of ether oxygens (including phenoxy) is 1. The number of aromatic nitrogens is 1. The topological polar surface area (TPSA) is 87.3 Å². The Morgan fingerprint density at radius 1 is 1.43 bits per heavy atom. The molecule has 0 spiro atoms. The zero-order valence-electron chi connectivity index (χ0n) is 11.5. The van der Waals surface area contributed by atoms with E-state index < -0.39 is 0 Å². The monoisotopic (exact) mass is 285 g/mol. The largest absolute Gasteiger partial charge is 0.491 e. The van der Waals surface area contributed by atoms with E-state index in [4.69, 9.17) is 15.1 Å². The van der Waals surface area contributed by atoms with Gasteiger partial charge in [0.1, 0.15) is 24.1 Å². The number of rotatable bonds is 5. The maximum Gasteiger partial charge on any atom is 0.272 e. The molecule has 108 valence electrons. The van der Waals surface area contributed by atoms with Crippen LogP contribution < -0.4 is 10.1 Å². The van der Waals surface area contributed by atoms with Gasteiger partial charge in [0.15, 0.2) is 0 Å². The molecule has 1 amide bonds. The first kappa shape index (κ1) is 14.6. The fourth-order valence-electron chi connectivity index (χ4n) is 1.84. The van der Waals surface area contributed by atoms with Gasteiger partial charge in [-0.25, -0.2) is 0 Å². The molecule has 0 unspecified atom stereocenters. The molecule has 2 aromatic rings. The number of nitriles is 1. The number of benzene rings is 1. The van der Waals surface area contributed by atoms with Crippen molar-refractivity contribution in [1.82, 2.24) is 4.57 Å². The fraction of sp³-hybridized carbons (Fsp3) is 0.200. The summed E-state index contributed by atoms with van der Waals surface area (Å²) in [7, 11) is 1.71. The number of amides is 1. The predicted molar refractivity (Wildman–Crippen MR) is 77.1 cm³/mol. The average molecular weight is 285 g/mol. The van der Waals surface area contributed by atoms with Gasteiger partial charge in [-0.1, -0.05) is 0 Å². The third-order valence-corrected chi connectivity index (χ3v) is 2.84. The highest BCUT2D eigenvalue weighted by atomic mass is 16.5. The second-order valence-electron chi connectivity index (χ2n) is 4.39. The number of aliphatic hydroxyl groups excluding tert-OH is 1. The van der Waals surface area contributed by atoms with Crippen LogP contribution in [0.25, 0.3) is 0 Å². The molecule has 0 aliphatic rings. The molecule has 1 heterocycles. The molecule has 0 saturated heterocycles. The second kappa shape index (κ2) is 6.59. The molecule has 2 N–H and O–H groups in total. The Hall–Kier alpha value is -2.78. The third kappa shape index (κ3) is 3.61. The molecule has 6 heteroatoms. The second-order valence-corrected chi connectivity index (χ2v) is 4.39. The summed E-state index contributed by atoms with van der Waals surface area (Å²) in [5, 5.41) is 20.2. The highest BCUT2D eigenvalue weighted by Crippen LogP contribution is 2.17. The van der Waals surface area contributed by atoms with E-state index in [-0.39, 0.29) is 19.1 Å². The Kier molecular flexibility index (Phi) is 4.59. The Bertz CT molecular complexity index is 668. The molecule has 0 atom stereocenters. The molecule has 0 fully saturated rings. The predicted octanol–water partition coefficient (Wildman–Crippen LogP) is 1.52. The number of carbonyl (C=O) groups is 1. The number of aliphatic hydroxyl groups is 1. The Morgan fingerprint density at radius 2 is 2.14 bits per heavy atom. The minimum atomic E-state index is -0.289. The molecule has 1 aromatic carbocycles. The van der Waals surface area contributed by atoms with Crippen LogP contribution in [0.3, 0.4) is 0 Å². The molecule has 0 radical (unpaired) electrons. The lowest BCUT2D eigenvalue weighted by Gasteiger charge is -2.08. The molecule has 1 aromatic heterocycles. The van der Waals surface area contributed by atoms with Crippen LogP contribution in [0.2, 0.25) is 0 Å². The standard InChI is InChI=1S/C15H15N3O3/c1-18-10-11(9-16)8-14(18)15(20)17-12-2-4-13(5-3-12)21-7-6-19/h2-5,8,10,19H,6-7H2,1H3,(H,17,20). The molecule has 21 heavy (non-hydrogen) atoms. The number of hydrogen-bond acceptors (Lipinski definition) is 4. The quantitative estimate of drug-likeness (QED) is 0.872. The van der Waals surface area contributed by atoms with Gasteiger partial charge >= 0.3 is 0 Å². The van der Waals surface area contributed by atoms with Crippen LogP contribution in [0.5, 0.6) is 5.75 Å². The summed E-state index contributed by atoms with van der Waals surface area (Å²) >= 11 is 0. The van der Waals surface area contributed by atoms with Crippen LogP contribution >= 0.6 is 0 Å². The molecule has 6 nitrogen and oxygen atoms in total. The van der Waals surface area contributed by atoms with Gasteiger partial charge in [-0.3, -0.25) is 4.79 Å². The maximum absolute atomic E-state index is 12.1. The van der Waals surface area contributed by atoms with E-state index in [2.05, 4.69) is 5.32 Å². The van der Waals surface area contributed by atoms with Crippen LogP contribution in [-0.4, -0.2) is 28.8 Å². The first-order chi connectivity index (χ1) is 10.1. The van der Waals surface area contributed by atoms with Gasteiger partial charge in [-0.05, 0) is 30.3 Å². The molecular formula is C15H15N3O3. The van der Waals surface area contributed by atoms with Crippen molar-refractivity contribution >= 4 is 11.6 Å². The molecular weight excluding hydrogens is 270 g/mol. The molecule has 0 aliphatic heterocycles. The van der Waals surface area contributed by atoms with Crippen molar-refractivity contribution in [3.63, 3.8) is 0 Å². The Balaban J connectivity index is 2.05. The number of anilines is 1. The molecule has 0 saturated carbocycles. The summed E-state index contributed by atoms with van der Waals surface area (Å²) in [4.78, 5) is 12.1. The summed E-state index contributed by atoms with van der Waals surface area (Å²) in [6.07, 6.45) is 1.60. The smallest absolute Gasteiger partial charge is 0.272 e. The third-order valence-electron chi connectivity index (χ3n) is 2.84. The van der Waals surface area contributed by atoms with Crippen molar-refractivity contribution in [2.45, 2.75) is 0 Å². The molecule has 0 bridgehead atoms. The van der Waals surface area contributed by atoms with E-state index >= 15 is 0 Å². The lowest BCUT2D eigenvalue weighted by molar-refractivity contribution is 0.101. The van der Waals surface area contributed by atoms with E-state index in [9.17, 15) is 4.79 Å². The van der Waals surface area contributed by atoms with E-state index in [1.165, 1.54) is 6.07 Å². The van der Waals surface area contributed by atoms with Crippen LogP contribution in [0.1, 0.15) is 16.1 Å². The van der Waals surface area contributed by atoms with E-state index in [0.717, 1.165) is 0 Å². The lowest BCUT2D eigenvalue weighted by atomic mass is 10.2. The minimum Gasteiger partial charge on any atom is -0.491 e. The van der Waals surface area contributed by atoms with Gasteiger partial charge in [0, 0.05) is 18.9 Å². The number of nitrogens with zero attached hydrogens (tertiary/aromatic N) is 2. The molecule has 0 aliphatic carbocycles. The van der Waals surface area contributed by atoms with Gasteiger partial charge in [-0.15, -0.1) is 0 Å². The van der Waals surface area contributed by atoms with E-state index in [1.54, 1.807) is 42.1 Å². The van der Waals surface area contributed by atoms with Gasteiger partial charge in [0.2, 0.25) is 0 Å². The molecule has 2 rings (SSSR count). The van der Waals surface area contributed by atoms with Gasteiger partial charge < -0.3 is 19.7 Å². The van der Waals surface area contributed by atoms with Crippen molar-refractivity contribution in [2.75, 3.05) is 18.5 Å². The summed E-state index contributed by atoms with van der Waals surface area (Å²) < 4.78 is 6.84. The highest BCUT2D eigenvalue weighted by Gasteiger charge is 2.12. The van der Waals surface area contributed by atoms with Crippen LogP contribution in [0.15, 0.2) is 36.5 Å². The number of aryl methyl sites for hydroxylation is 1. The van der Waals surface area contributed by atoms with Crippen LogP contribution in [0.4, 0.5) is 5.69 Å². The summed E-state index contributed by atoms with van der Waals surface area (Å²) in [6.45, 7) is 0.180. The van der Waals surface area contributed by atoms with Gasteiger partial charge in [0.05, 0.1) is 12.2 Å². The average Bonchev–Trinajstić information content (AvgIpc) is 2.88. The zero-order chi connectivity index (χ0) is 15.2. The first-order valence-corrected chi connectivity index (χ1v) is 6.35. The fourth-order valence-corrected chi connectivity index (χ4v) is 1.84. The van der Waals surface area contributed by atoms with Crippen molar-refractivity contribution in [2.24, 2.45) is 7.05 Å². The number of carbonyl (C=O) groups excluding carboxylic acids is 1. The van der Waals surface area contributed by atoms with Crippen molar-refractivity contribution < 1.29 is 14.6 Å². The van der Waals surface area contributed by atoms with Crippen LogP contribution in [-0.2, 0) is 7.05 Å². The van der Waals surface area contributed by atoms with Crippen molar-refractivity contribution in [3.05, 3.63) is 47.8 Å². The normalized spacial score (nSPS) is 9.95. The Morgan fingerprint density at radius 3 is 2.71 bits per heavy atom.